The smallest absolute Gasteiger partial charge is 0.136 e. The number of aliphatic hydroxyl groups is 1. The summed E-state index contributed by atoms with van der Waals surface area (Å²) in [6, 6.07) is 4.01. The lowest BCUT2D eigenvalue weighted by Crippen LogP contribution is -2.06. The standard InChI is InChI=1S/C11H15BrO2/c1-7-4-5-9(6-8(2)13)11(14-3)10(7)12/h4-5,8,13H,6H2,1-3H3. The summed E-state index contributed by atoms with van der Waals surface area (Å²) >= 11 is 3.47. The van der Waals surface area contributed by atoms with Gasteiger partial charge in [0.05, 0.1) is 17.7 Å². The van der Waals surface area contributed by atoms with Crippen LogP contribution >= 0.6 is 15.9 Å². The molecule has 14 heavy (non-hydrogen) atoms. The molecule has 0 aliphatic heterocycles. The topological polar surface area (TPSA) is 29.5 Å². The number of rotatable bonds is 3. The second-order valence-electron chi connectivity index (χ2n) is 3.44. The first kappa shape index (κ1) is 11.5. The predicted molar refractivity (Wildman–Crippen MR) is 60.8 cm³/mol. The second-order valence-corrected chi connectivity index (χ2v) is 4.23. The summed E-state index contributed by atoms with van der Waals surface area (Å²) in [5, 5.41) is 9.32. The number of benzene rings is 1. The lowest BCUT2D eigenvalue weighted by atomic mass is 10.1. The van der Waals surface area contributed by atoms with Crippen LogP contribution in [0, 0.1) is 6.92 Å². The van der Waals surface area contributed by atoms with Gasteiger partial charge in [-0.05, 0) is 40.9 Å². The van der Waals surface area contributed by atoms with E-state index in [4.69, 9.17) is 4.74 Å². The van der Waals surface area contributed by atoms with Gasteiger partial charge >= 0.3 is 0 Å². The van der Waals surface area contributed by atoms with Crippen LogP contribution in [0.15, 0.2) is 16.6 Å². The highest BCUT2D eigenvalue weighted by molar-refractivity contribution is 9.10. The summed E-state index contributed by atoms with van der Waals surface area (Å²) in [5.41, 5.74) is 2.16. The van der Waals surface area contributed by atoms with Gasteiger partial charge in [0, 0.05) is 6.42 Å². The second kappa shape index (κ2) is 4.80. The van der Waals surface area contributed by atoms with Crippen LogP contribution < -0.4 is 4.74 Å². The zero-order valence-corrected chi connectivity index (χ0v) is 10.3. The van der Waals surface area contributed by atoms with Crippen LogP contribution in [0.4, 0.5) is 0 Å². The molecule has 0 spiro atoms. The fourth-order valence-corrected chi connectivity index (χ4v) is 1.94. The van der Waals surface area contributed by atoms with E-state index in [0.29, 0.717) is 6.42 Å². The largest absolute Gasteiger partial charge is 0.495 e. The number of hydrogen-bond acceptors (Lipinski definition) is 2. The van der Waals surface area contributed by atoms with E-state index in [1.807, 2.05) is 19.1 Å². The van der Waals surface area contributed by atoms with Crippen molar-refractivity contribution in [2.45, 2.75) is 26.4 Å². The maximum absolute atomic E-state index is 9.32. The van der Waals surface area contributed by atoms with Crippen molar-refractivity contribution in [3.63, 3.8) is 0 Å². The van der Waals surface area contributed by atoms with Crippen LogP contribution in [0.25, 0.3) is 0 Å². The van der Waals surface area contributed by atoms with E-state index in [2.05, 4.69) is 15.9 Å². The Morgan fingerprint density at radius 2 is 2.14 bits per heavy atom. The minimum Gasteiger partial charge on any atom is -0.495 e. The average molecular weight is 259 g/mol. The highest BCUT2D eigenvalue weighted by atomic mass is 79.9. The molecule has 78 valence electrons. The van der Waals surface area contributed by atoms with Crippen molar-refractivity contribution in [3.05, 3.63) is 27.7 Å². The highest BCUT2D eigenvalue weighted by Crippen LogP contribution is 2.32. The first-order valence-corrected chi connectivity index (χ1v) is 5.35. The summed E-state index contributed by atoms with van der Waals surface area (Å²) in [6.45, 7) is 3.78. The van der Waals surface area contributed by atoms with Gasteiger partial charge in [-0.1, -0.05) is 12.1 Å². The van der Waals surface area contributed by atoms with Gasteiger partial charge < -0.3 is 9.84 Å². The molecule has 2 nitrogen and oxygen atoms in total. The van der Waals surface area contributed by atoms with Crippen molar-refractivity contribution in [3.8, 4) is 5.75 Å². The van der Waals surface area contributed by atoms with Crippen molar-refractivity contribution in [2.75, 3.05) is 7.11 Å². The first-order valence-electron chi connectivity index (χ1n) is 4.56. The number of aliphatic hydroxyl groups excluding tert-OH is 1. The van der Waals surface area contributed by atoms with Crippen molar-refractivity contribution in [2.24, 2.45) is 0 Å². The zero-order valence-electron chi connectivity index (χ0n) is 8.67. The number of halogens is 1. The van der Waals surface area contributed by atoms with Gasteiger partial charge in [0.15, 0.2) is 0 Å². The van der Waals surface area contributed by atoms with E-state index in [0.717, 1.165) is 21.3 Å². The Morgan fingerprint density at radius 3 is 2.64 bits per heavy atom. The van der Waals surface area contributed by atoms with Gasteiger partial charge in [0.2, 0.25) is 0 Å². The molecule has 1 rings (SSSR count). The molecule has 0 saturated carbocycles. The zero-order chi connectivity index (χ0) is 10.7. The molecule has 1 aromatic carbocycles. The Labute approximate surface area is 93.0 Å². The molecule has 1 unspecified atom stereocenters. The Morgan fingerprint density at radius 1 is 1.50 bits per heavy atom. The summed E-state index contributed by atoms with van der Waals surface area (Å²) in [6.07, 6.45) is 0.265. The molecule has 1 aromatic rings. The number of ether oxygens (including phenoxy) is 1. The minimum absolute atomic E-state index is 0.349. The third-order valence-electron chi connectivity index (χ3n) is 2.09. The van der Waals surface area contributed by atoms with Gasteiger partial charge in [0.25, 0.3) is 0 Å². The molecule has 1 atom stereocenters. The molecule has 0 aromatic heterocycles. The minimum atomic E-state index is -0.349. The van der Waals surface area contributed by atoms with Gasteiger partial charge in [-0.3, -0.25) is 0 Å². The van der Waals surface area contributed by atoms with Crippen LogP contribution in [0.1, 0.15) is 18.1 Å². The monoisotopic (exact) mass is 258 g/mol. The maximum Gasteiger partial charge on any atom is 0.136 e. The molecule has 0 aliphatic rings. The highest BCUT2D eigenvalue weighted by Gasteiger charge is 2.11. The van der Waals surface area contributed by atoms with Crippen LogP contribution in [-0.2, 0) is 6.42 Å². The fraction of sp³-hybridized carbons (Fsp3) is 0.455. The van der Waals surface area contributed by atoms with E-state index in [1.54, 1.807) is 14.0 Å². The molecule has 0 fully saturated rings. The molecule has 0 heterocycles. The van der Waals surface area contributed by atoms with Gasteiger partial charge in [0.1, 0.15) is 5.75 Å². The number of hydrogen-bond donors (Lipinski definition) is 1. The molecule has 1 N–H and O–H groups in total. The van der Waals surface area contributed by atoms with E-state index in [9.17, 15) is 5.11 Å². The lowest BCUT2D eigenvalue weighted by Gasteiger charge is -2.13. The van der Waals surface area contributed by atoms with Gasteiger partial charge in [-0.2, -0.15) is 0 Å². The SMILES string of the molecule is COc1c(CC(C)O)ccc(C)c1Br. The van der Waals surface area contributed by atoms with Crippen LogP contribution in [0.5, 0.6) is 5.75 Å². The van der Waals surface area contributed by atoms with Gasteiger partial charge in [-0.15, -0.1) is 0 Å². The summed E-state index contributed by atoms with van der Waals surface area (Å²) in [4.78, 5) is 0. The van der Waals surface area contributed by atoms with Crippen LogP contribution in [0.2, 0.25) is 0 Å². The quantitative estimate of drug-likeness (QED) is 0.904. The molecule has 0 saturated heterocycles. The maximum atomic E-state index is 9.32. The Hall–Kier alpha value is -0.540. The van der Waals surface area contributed by atoms with Crippen LogP contribution in [-0.4, -0.2) is 18.3 Å². The molecule has 0 radical (unpaired) electrons. The van der Waals surface area contributed by atoms with Crippen molar-refractivity contribution >= 4 is 15.9 Å². The first-order chi connectivity index (χ1) is 6.56. The molecule has 0 amide bonds. The molecule has 0 bridgehead atoms. The molecule has 3 heteroatoms. The predicted octanol–water partition coefficient (Wildman–Crippen LogP) is 2.69. The number of methoxy groups -OCH3 is 1. The Balaban J connectivity index is 3.10. The molecular formula is C11H15BrO2. The molecule has 0 aliphatic carbocycles. The number of aryl methyl sites for hydroxylation is 1. The van der Waals surface area contributed by atoms with Crippen molar-refractivity contribution in [1.82, 2.24) is 0 Å². The molecular weight excluding hydrogens is 244 g/mol. The third kappa shape index (κ3) is 2.49. The van der Waals surface area contributed by atoms with Crippen molar-refractivity contribution < 1.29 is 9.84 Å². The van der Waals surface area contributed by atoms with E-state index >= 15 is 0 Å². The van der Waals surface area contributed by atoms with E-state index in [-0.39, 0.29) is 6.10 Å². The fourth-order valence-electron chi connectivity index (χ4n) is 1.39. The lowest BCUT2D eigenvalue weighted by molar-refractivity contribution is 0.194. The summed E-state index contributed by atoms with van der Waals surface area (Å²) in [5.74, 6) is 0.825. The van der Waals surface area contributed by atoms with E-state index in [1.165, 1.54) is 0 Å². The Kier molecular flexibility index (Phi) is 3.96. The Bertz CT molecular complexity index is 321. The summed E-state index contributed by atoms with van der Waals surface area (Å²) < 4.78 is 6.27. The third-order valence-corrected chi connectivity index (χ3v) is 3.08. The van der Waals surface area contributed by atoms with Crippen LogP contribution in [0.3, 0.4) is 0 Å². The van der Waals surface area contributed by atoms with Crippen molar-refractivity contribution in [1.29, 1.82) is 0 Å². The average Bonchev–Trinajstić information content (AvgIpc) is 2.11. The summed E-state index contributed by atoms with van der Waals surface area (Å²) in [7, 11) is 1.64. The van der Waals surface area contributed by atoms with Gasteiger partial charge in [-0.25, -0.2) is 0 Å². The van der Waals surface area contributed by atoms with E-state index < -0.39 is 0 Å². The normalized spacial score (nSPS) is 12.6.